The Bertz CT molecular complexity index is 998. The molecule has 0 saturated heterocycles. The highest BCUT2D eigenvalue weighted by atomic mass is 19.4. The lowest BCUT2D eigenvalue weighted by molar-refractivity contribution is -0.137. The average Bonchev–Trinajstić information content (AvgIpc) is 3.15. The van der Waals surface area contributed by atoms with Crippen LogP contribution in [-0.4, -0.2) is 27.7 Å². The number of ether oxygens (including phenoxy) is 1. The minimum absolute atomic E-state index is 0.181. The molecule has 3 aromatic rings. The van der Waals surface area contributed by atoms with E-state index in [-0.39, 0.29) is 13.2 Å². The second-order valence-corrected chi connectivity index (χ2v) is 6.82. The van der Waals surface area contributed by atoms with Gasteiger partial charge in [-0.25, -0.2) is 4.79 Å². The number of halogens is 3. The fourth-order valence-electron chi connectivity index (χ4n) is 3.32. The van der Waals surface area contributed by atoms with Gasteiger partial charge in [0.15, 0.2) is 0 Å². The molecule has 5 nitrogen and oxygen atoms in total. The van der Waals surface area contributed by atoms with E-state index >= 15 is 0 Å². The maximum Gasteiger partial charge on any atom is 0.416 e. The summed E-state index contributed by atoms with van der Waals surface area (Å²) in [5, 5.41) is 7.20. The molecule has 1 N–H and O–H groups in total. The Balaban J connectivity index is 1.48. The lowest BCUT2D eigenvalue weighted by Gasteiger charge is -2.26. The van der Waals surface area contributed by atoms with Crippen LogP contribution < -0.4 is 0 Å². The summed E-state index contributed by atoms with van der Waals surface area (Å²) >= 11 is 0. The molecule has 0 radical (unpaired) electrons. The number of amides is 1. The first-order valence-electron chi connectivity index (χ1n) is 9.11. The van der Waals surface area contributed by atoms with Crippen molar-refractivity contribution in [2.75, 3.05) is 6.54 Å². The van der Waals surface area contributed by atoms with Crippen molar-refractivity contribution in [2.24, 2.45) is 0 Å². The minimum atomic E-state index is -4.39. The van der Waals surface area contributed by atoms with E-state index in [0.29, 0.717) is 24.2 Å². The second-order valence-electron chi connectivity index (χ2n) is 6.82. The Hall–Kier alpha value is -3.29. The lowest BCUT2D eigenvalue weighted by atomic mass is 10.0. The molecule has 0 fully saturated rings. The summed E-state index contributed by atoms with van der Waals surface area (Å²) in [4.78, 5) is 14.0. The number of fused-ring (bicyclic) bond motifs is 1. The predicted molar refractivity (Wildman–Crippen MR) is 99.8 cm³/mol. The van der Waals surface area contributed by atoms with Crippen LogP contribution in [0.3, 0.4) is 0 Å². The van der Waals surface area contributed by atoms with Gasteiger partial charge in [0.25, 0.3) is 0 Å². The summed E-state index contributed by atoms with van der Waals surface area (Å²) in [5.41, 5.74) is 2.98. The number of hydrogen-bond donors (Lipinski definition) is 1. The highest BCUT2D eigenvalue weighted by molar-refractivity contribution is 5.70. The fraction of sp³-hybridized carbons (Fsp3) is 0.238. The number of nitrogens with one attached hydrogen (secondary N) is 1. The molecule has 2 aromatic carbocycles. The molecule has 8 heteroatoms. The number of nitrogens with zero attached hydrogens (tertiary/aromatic N) is 2. The first kappa shape index (κ1) is 19.0. The molecule has 4 rings (SSSR count). The molecule has 0 spiro atoms. The number of carbonyl (C=O) groups excluding carboxylic acids is 1. The summed E-state index contributed by atoms with van der Waals surface area (Å²) < 4.78 is 43.8. The first-order valence-corrected chi connectivity index (χ1v) is 9.11. The quantitative estimate of drug-likeness (QED) is 0.687. The maximum absolute atomic E-state index is 12.8. The van der Waals surface area contributed by atoms with Crippen LogP contribution in [0.25, 0.3) is 11.3 Å². The normalized spacial score (nSPS) is 13.8. The highest BCUT2D eigenvalue weighted by Gasteiger charge is 2.31. The molecule has 1 aliphatic heterocycles. The topological polar surface area (TPSA) is 58.2 Å². The van der Waals surface area contributed by atoms with E-state index < -0.39 is 17.8 Å². The zero-order chi connectivity index (χ0) is 20.4. The number of rotatable bonds is 3. The first-order chi connectivity index (χ1) is 13.9. The lowest BCUT2D eigenvalue weighted by Crippen LogP contribution is -2.36. The molecule has 29 heavy (non-hydrogen) atoms. The number of carbonyl (C=O) groups is 1. The summed E-state index contributed by atoms with van der Waals surface area (Å²) in [6, 6.07) is 14.2. The zero-order valence-corrected chi connectivity index (χ0v) is 15.4. The van der Waals surface area contributed by atoms with E-state index in [2.05, 4.69) is 10.2 Å². The van der Waals surface area contributed by atoms with Crippen molar-refractivity contribution in [3.63, 3.8) is 0 Å². The molecular weight excluding hydrogens is 383 g/mol. The number of alkyl halides is 3. The molecule has 0 atom stereocenters. The molecule has 150 valence electrons. The zero-order valence-electron chi connectivity index (χ0n) is 15.4. The van der Waals surface area contributed by atoms with Gasteiger partial charge in [0.2, 0.25) is 0 Å². The summed E-state index contributed by atoms with van der Waals surface area (Å²) in [6.07, 6.45) is -4.24. The van der Waals surface area contributed by atoms with Gasteiger partial charge in [-0.05, 0) is 17.7 Å². The third kappa shape index (κ3) is 4.11. The third-order valence-electron chi connectivity index (χ3n) is 4.88. The van der Waals surface area contributed by atoms with E-state index in [0.717, 1.165) is 29.0 Å². The van der Waals surface area contributed by atoms with E-state index in [9.17, 15) is 18.0 Å². The van der Waals surface area contributed by atoms with Crippen molar-refractivity contribution in [1.29, 1.82) is 0 Å². The Labute approximate surface area is 165 Å². The van der Waals surface area contributed by atoms with Gasteiger partial charge in [0.1, 0.15) is 6.61 Å². The van der Waals surface area contributed by atoms with E-state index in [1.54, 1.807) is 4.90 Å². The minimum Gasteiger partial charge on any atom is -0.445 e. The molecular formula is C21H18F3N3O2. The van der Waals surface area contributed by atoms with Crippen molar-refractivity contribution in [2.45, 2.75) is 25.7 Å². The van der Waals surface area contributed by atoms with Gasteiger partial charge in [-0.1, -0.05) is 42.5 Å². The van der Waals surface area contributed by atoms with E-state index in [4.69, 9.17) is 4.74 Å². The number of hydrogen-bond acceptors (Lipinski definition) is 3. The third-order valence-corrected chi connectivity index (χ3v) is 4.88. The largest absolute Gasteiger partial charge is 0.445 e. The van der Waals surface area contributed by atoms with Crippen molar-refractivity contribution >= 4 is 6.09 Å². The monoisotopic (exact) mass is 401 g/mol. The molecule has 0 bridgehead atoms. The predicted octanol–water partition coefficient (Wildman–Crippen LogP) is 4.79. The Morgan fingerprint density at radius 1 is 1.10 bits per heavy atom. The average molecular weight is 401 g/mol. The van der Waals surface area contributed by atoms with Crippen LogP contribution in [-0.2, 0) is 30.5 Å². The molecule has 0 aliphatic carbocycles. The van der Waals surface area contributed by atoms with Crippen LogP contribution in [0.5, 0.6) is 0 Å². The van der Waals surface area contributed by atoms with Gasteiger partial charge in [0, 0.05) is 29.8 Å². The van der Waals surface area contributed by atoms with Crippen molar-refractivity contribution in [3.8, 4) is 11.3 Å². The smallest absolute Gasteiger partial charge is 0.416 e. The van der Waals surface area contributed by atoms with Crippen molar-refractivity contribution in [1.82, 2.24) is 15.1 Å². The second kappa shape index (κ2) is 7.62. The van der Waals surface area contributed by atoms with Crippen LogP contribution in [0.2, 0.25) is 0 Å². The van der Waals surface area contributed by atoms with Gasteiger partial charge in [-0.2, -0.15) is 18.3 Å². The van der Waals surface area contributed by atoms with Gasteiger partial charge in [-0.3, -0.25) is 5.10 Å². The van der Waals surface area contributed by atoms with Gasteiger partial charge in [0.05, 0.1) is 17.8 Å². The van der Waals surface area contributed by atoms with Crippen LogP contribution in [0.4, 0.5) is 18.0 Å². The molecule has 1 aliphatic rings. The summed E-state index contributed by atoms with van der Waals surface area (Å²) in [7, 11) is 0. The van der Waals surface area contributed by atoms with Gasteiger partial charge >= 0.3 is 12.3 Å². The van der Waals surface area contributed by atoms with Crippen LogP contribution in [0, 0.1) is 0 Å². The molecule has 1 aromatic heterocycles. The SMILES string of the molecule is O=C(OCc1ccccc1)N1CCc2[nH]nc(-c3ccc(C(F)(F)F)cc3)c2C1. The van der Waals surface area contributed by atoms with E-state index in [1.807, 2.05) is 30.3 Å². The Morgan fingerprint density at radius 2 is 1.83 bits per heavy atom. The Kier molecular flexibility index (Phi) is 5.00. The number of aromatic nitrogens is 2. The van der Waals surface area contributed by atoms with Crippen molar-refractivity contribution < 1.29 is 22.7 Å². The number of aromatic amines is 1. The maximum atomic E-state index is 12.8. The molecule has 1 amide bonds. The van der Waals surface area contributed by atoms with Crippen LogP contribution >= 0.6 is 0 Å². The highest BCUT2D eigenvalue weighted by Crippen LogP contribution is 2.33. The summed E-state index contributed by atoms with van der Waals surface area (Å²) in [6.45, 7) is 0.950. The number of H-pyrrole nitrogens is 1. The van der Waals surface area contributed by atoms with Gasteiger partial charge in [-0.15, -0.1) is 0 Å². The molecule has 2 heterocycles. The summed E-state index contributed by atoms with van der Waals surface area (Å²) in [5.74, 6) is 0. The molecule has 0 unspecified atom stereocenters. The van der Waals surface area contributed by atoms with Crippen LogP contribution in [0.1, 0.15) is 22.4 Å². The van der Waals surface area contributed by atoms with Crippen LogP contribution in [0.15, 0.2) is 54.6 Å². The number of benzene rings is 2. The fourth-order valence-corrected chi connectivity index (χ4v) is 3.32. The standard InChI is InChI=1S/C21H18F3N3O2/c22-21(23,24)16-8-6-15(7-9-16)19-17-12-27(11-10-18(17)25-26-19)20(28)29-13-14-4-2-1-3-5-14/h1-9H,10-13H2,(H,25,26). The van der Waals surface area contributed by atoms with E-state index in [1.165, 1.54) is 12.1 Å². The van der Waals surface area contributed by atoms with Gasteiger partial charge < -0.3 is 9.64 Å². The molecule has 0 saturated carbocycles. The Morgan fingerprint density at radius 3 is 2.52 bits per heavy atom. The van der Waals surface area contributed by atoms with Crippen molar-refractivity contribution in [3.05, 3.63) is 77.0 Å².